The van der Waals surface area contributed by atoms with Crippen LogP contribution in [0.2, 0.25) is 0 Å². The molecule has 0 rings (SSSR count). The van der Waals surface area contributed by atoms with E-state index in [4.69, 9.17) is 9.99 Å². The Hall–Kier alpha value is -0.910. The van der Waals surface area contributed by atoms with Gasteiger partial charge in [0, 0.05) is 12.6 Å². The van der Waals surface area contributed by atoms with Crippen LogP contribution in [0.1, 0.15) is 0 Å². The zero-order chi connectivity index (χ0) is 10.1. The van der Waals surface area contributed by atoms with Crippen LogP contribution in [0.25, 0.3) is 0 Å². The van der Waals surface area contributed by atoms with Gasteiger partial charge in [-0.1, -0.05) is 0 Å². The molecule has 0 bridgehead atoms. The van der Waals surface area contributed by atoms with Gasteiger partial charge in [0.2, 0.25) is 0 Å². The van der Waals surface area contributed by atoms with Gasteiger partial charge in [-0.15, -0.1) is 0 Å². The Balaban J connectivity index is 3.13. The van der Waals surface area contributed by atoms with Crippen molar-refractivity contribution in [2.75, 3.05) is 33.9 Å². The van der Waals surface area contributed by atoms with Crippen molar-refractivity contribution in [3.8, 4) is 0 Å². The maximum atomic E-state index is 9.99. The second kappa shape index (κ2) is 7.72. The lowest BCUT2D eigenvalue weighted by atomic mass is 10.5. The predicted molar refractivity (Wildman–Crippen MR) is 47.2 cm³/mol. The highest BCUT2D eigenvalue weighted by Gasteiger charge is 1.90. The topological polar surface area (TPSA) is 59.0 Å². The summed E-state index contributed by atoms with van der Waals surface area (Å²) >= 11 is 0. The molecule has 0 fully saturated rings. The van der Waals surface area contributed by atoms with Crippen LogP contribution < -0.4 is 0 Å². The Kier molecular flexibility index (Phi) is 7.18. The summed E-state index contributed by atoms with van der Waals surface area (Å²) in [5, 5.41) is 8.20. The van der Waals surface area contributed by atoms with Gasteiger partial charge in [0.25, 0.3) is 0 Å². The summed E-state index contributed by atoms with van der Waals surface area (Å²) < 4.78 is 0. The number of carboxylic acid groups (broad SMARTS) is 1. The monoisotopic (exact) mass is 189 g/mol. The van der Waals surface area contributed by atoms with Crippen molar-refractivity contribution in [3.05, 3.63) is 12.2 Å². The Morgan fingerprint density at radius 3 is 2.69 bits per heavy atom. The molecule has 5 nitrogen and oxygen atoms in total. The van der Waals surface area contributed by atoms with Crippen LogP contribution in [-0.2, 0) is 14.6 Å². The molecule has 0 aliphatic heterocycles. The number of rotatable bonds is 7. The molecule has 5 heteroatoms. The van der Waals surface area contributed by atoms with E-state index in [1.54, 1.807) is 0 Å². The van der Waals surface area contributed by atoms with Gasteiger partial charge in [-0.05, 0) is 20.2 Å². The smallest absolute Gasteiger partial charge is 0.328 e. The molecule has 0 aromatic heterocycles. The molecule has 13 heavy (non-hydrogen) atoms. The SMILES string of the molecule is CN(C)CCOOC/C=C/C(=O)O. The number of hydrogen-bond acceptors (Lipinski definition) is 4. The highest BCUT2D eigenvalue weighted by atomic mass is 17.2. The summed E-state index contributed by atoms with van der Waals surface area (Å²) in [6.07, 6.45) is 2.38. The Labute approximate surface area is 77.5 Å². The van der Waals surface area contributed by atoms with Crippen LogP contribution in [0, 0.1) is 0 Å². The second-order valence-corrected chi connectivity index (χ2v) is 2.65. The van der Waals surface area contributed by atoms with Crippen molar-refractivity contribution in [2.45, 2.75) is 0 Å². The molecule has 76 valence electrons. The van der Waals surface area contributed by atoms with E-state index >= 15 is 0 Å². The molecule has 0 spiro atoms. The lowest BCUT2D eigenvalue weighted by Gasteiger charge is -2.07. The second-order valence-electron chi connectivity index (χ2n) is 2.65. The molecule has 0 unspecified atom stereocenters. The average Bonchev–Trinajstić information content (AvgIpc) is 2.01. The van der Waals surface area contributed by atoms with Gasteiger partial charge in [-0.25, -0.2) is 14.6 Å². The molecule has 0 amide bonds. The molecule has 0 heterocycles. The Morgan fingerprint density at radius 2 is 2.15 bits per heavy atom. The van der Waals surface area contributed by atoms with E-state index in [1.807, 2.05) is 19.0 Å². The maximum absolute atomic E-state index is 9.99. The van der Waals surface area contributed by atoms with Crippen molar-refractivity contribution in [1.82, 2.24) is 4.90 Å². The number of nitrogens with zero attached hydrogens (tertiary/aromatic N) is 1. The van der Waals surface area contributed by atoms with Gasteiger partial charge in [0.05, 0.1) is 6.61 Å². The summed E-state index contributed by atoms with van der Waals surface area (Å²) in [7, 11) is 3.85. The summed E-state index contributed by atoms with van der Waals surface area (Å²) in [5.74, 6) is -0.989. The molecule has 0 aromatic carbocycles. The fourth-order valence-corrected chi connectivity index (χ4v) is 0.515. The quantitative estimate of drug-likeness (QED) is 0.267. The molecule has 0 radical (unpaired) electrons. The van der Waals surface area contributed by atoms with Crippen LogP contribution in [-0.4, -0.2) is 49.8 Å². The van der Waals surface area contributed by atoms with E-state index < -0.39 is 5.97 Å². The molecule has 0 saturated carbocycles. The number of hydrogen-bond donors (Lipinski definition) is 1. The van der Waals surface area contributed by atoms with E-state index in [2.05, 4.69) is 4.89 Å². The van der Waals surface area contributed by atoms with Gasteiger partial charge < -0.3 is 10.0 Å². The molecular formula is C8H15NO4. The van der Waals surface area contributed by atoms with Crippen molar-refractivity contribution in [3.63, 3.8) is 0 Å². The predicted octanol–water partition coefficient (Wildman–Crippen LogP) is 0.137. The minimum atomic E-state index is -0.989. The third-order valence-electron chi connectivity index (χ3n) is 1.13. The van der Waals surface area contributed by atoms with Gasteiger partial charge in [0.15, 0.2) is 0 Å². The first kappa shape index (κ1) is 12.1. The minimum Gasteiger partial charge on any atom is -0.478 e. The lowest BCUT2D eigenvalue weighted by molar-refractivity contribution is -0.286. The van der Waals surface area contributed by atoms with E-state index in [0.29, 0.717) is 6.61 Å². The fraction of sp³-hybridized carbons (Fsp3) is 0.625. The van der Waals surface area contributed by atoms with Crippen LogP contribution >= 0.6 is 0 Å². The molecule has 0 aliphatic carbocycles. The molecule has 0 aromatic rings. The third kappa shape index (κ3) is 11.1. The normalized spacial score (nSPS) is 11.3. The van der Waals surface area contributed by atoms with E-state index in [0.717, 1.165) is 12.6 Å². The van der Waals surface area contributed by atoms with E-state index in [9.17, 15) is 4.79 Å². The zero-order valence-corrected chi connectivity index (χ0v) is 7.90. The highest BCUT2D eigenvalue weighted by molar-refractivity contribution is 5.79. The van der Waals surface area contributed by atoms with Crippen LogP contribution in [0.5, 0.6) is 0 Å². The first-order valence-electron chi connectivity index (χ1n) is 3.91. The number of carboxylic acids is 1. The number of aliphatic carboxylic acids is 1. The number of carbonyl (C=O) groups is 1. The largest absolute Gasteiger partial charge is 0.478 e. The molecular weight excluding hydrogens is 174 g/mol. The van der Waals surface area contributed by atoms with Crippen molar-refractivity contribution < 1.29 is 19.7 Å². The third-order valence-corrected chi connectivity index (χ3v) is 1.13. The van der Waals surface area contributed by atoms with E-state index in [-0.39, 0.29) is 6.61 Å². The molecule has 0 saturated heterocycles. The van der Waals surface area contributed by atoms with Crippen LogP contribution in [0.15, 0.2) is 12.2 Å². The molecule has 1 N–H and O–H groups in total. The first-order chi connectivity index (χ1) is 6.13. The summed E-state index contributed by atoms with van der Waals surface area (Å²) in [6, 6.07) is 0. The van der Waals surface area contributed by atoms with Crippen LogP contribution in [0.4, 0.5) is 0 Å². The average molecular weight is 189 g/mol. The van der Waals surface area contributed by atoms with Gasteiger partial charge >= 0.3 is 5.97 Å². The van der Waals surface area contributed by atoms with Gasteiger partial charge in [-0.2, -0.15) is 0 Å². The zero-order valence-electron chi connectivity index (χ0n) is 7.90. The van der Waals surface area contributed by atoms with Gasteiger partial charge in [-0.3, -0.25) is 0 Å². The summed E-state index contributed by atoms with van der Waals surface area (Å²) in [6.45, 7) is 1.39. The fourth-order valence-electron chi connectivity index (χ4n) is 0.515. The minimum absolute atomic E-state index is 0.153. The maximum Gasteiger partial charge on any atom is 0.328 e. The first-order valence-corrected chi connectivity index (χ1v) is 3.91. The number of likely N-dealkylation sites (N-methyl/N-ethyl adjacent to an activating group) is 1. The Morgan fingerprint density at radius 1 is 1.46 bits per heavy atom. The summed E-state index contributed by atoms with van der Waals surface area (Å²) in [4.78, 5) is 21.3. The molecule has 0 atom stereocenters. The molecule has 0 aliphatic rings. The van der Waals surface area contributed by atoms with Crippen LogP contribution in [0.3, 0.4) is 0 Å². The summed E-state index contributed by atoms with van der Waals surface area (Å²) in [5.41, 5.74) is 0. The van der Waals surface area contributed by atoms with Crippen molar-refractivity contribution >= 4 is 5.97 Å². The Bertz CT molecular complexity index is 168. The van der Waals surface area contributed by atoms with E-state index in [1.165, 1.54) is 6.08 Å². The van der Waals surface area contributed by atoms with Crippen molar-refractivity contribution in [2.24, 2.45) is 0 Å². The lowest BCUT2D eigenvalue weighted by Crippen LogP contribution is -2.18. The standard InChI is InChI=1S/C8H15NO4/c1-9(2)5-7-13-12-6-3-4-8(10)11/h3-4H,5-7H2,1-2H3,(H,10,11)/b4-3+. The van der Waals surface area contributed by atoms with Crippen molar-refractivity contribution in [1.29, 1.82) is 0 Å². The highest BCUT2D eigenvalue weighted by Crippen LogP contribution is 1.82. The van der Waals surface area contributed by atoms with Gasteiger partial charge in [0.1, 0.15) is 6.61 Å².